The van der Waals surface area contributed by atoms with E-state index >= 15 is 0 Å². The first-order valence-corrected chi connectivity index (χ1v) is 7.01. The number of benzene rings is 2. The number of rotatable bonds is 3. The molecular formula is C16H11F3N2O3. The summed E-state index contributed by atoms with van der Waals surface area (Å²) in [4.78, 5) is 22.2. The predicted molar refractivity (Wildman–Crippen MR) is 79.9 cm³/mol. The third kappa shape index (κ3) is 2.94. The lowest BCUT2D eigenvalue weighted by Crippen LogP contribution is -2.10. The molecule has 0 spiro atoms. The lowest BCUT2D eigenvalue weighted by Gasteiger charge is -2.16. The summed E-state index contributed by atoms with van der Waals surface area (Å²) in [6.07, 6.45) is -4.42. The van der Waals surface area contributed by atoms with Crippen molar-refractivity contribution in [2.45, 2.75) is 18.6 Å². The van der Waals surface area contributed by atoms with Crippen LogP contribution < -0.4 is 5.32 Å². The van der Waals surface area contributed by atoms with Crippen molar-refractivity contribution in [1.29, 1.82) is 0 Å². The SMILES string of the molecule is O=C1CC(Nc2cccc(C(F)(F)F)c2)c2ccc([N+](=O)[O-])cc21. The fourth-order valence-electron chi connectivity index (χ4n) is 2.72. The highest BCUT2D eigenvalue weighted by atomic mass is 19.4. The van der Waals surface area contributed by atoms with Crippen LogP contribution in [0.15, 0.2) is 42.5 Å². The van der Waals surface area contributed by atoms with Gasteiger partial charge >= 0.3 is 6.18 Å². The molecule has 0 bridgehead atoms. The lowest BCUT2D eigenvalue weighted by atomic mass is 10.1. The number of Topliss-reactive ketones (excluding diaryl/α,β-unsaturated/α-hetero) is 1. The van der Waals surface area contributed by atoms with Gasteiger partial charge in [0.05, 0.1) is 16.5 Å². The number of nitro groups is 1. The van der Waals surface area contributed by atoms with Gasteiger partial charge < -0.3 is 5.32 Å². The standard InChI is InChI=1S/C16H11F3N2O3/c17-16(18,19)9-2-1-3-10(6-9)20-14-8-15(22)13-7-11(21(23)24)4-5-12(13)14/h1-7,14,20H,8H2. The van der Waals surface area contributed by atoms with Gasteiger partial charge in [0.2, 0.25) is 0 Å². The van der Waals surface area contributed by atoms with Gasteiger partial charge in [-0.1, -0.05) is 6.07 Å². The minimum absolute atomic E-state index is 0.0345. The molecule has 8 heteroatoms. The quantitative estimate of drug-likeness (QED) is 0.668. The van der Waals surface area contributed by atoms with Crippen LogP contribution in [0.2, 0.25) is 0 Å². The number of hydrogen-bond acceptors (Lipinski definition) is 4. The molecule has 1 aliphatic carbocycles. The first-order chi connectivity index (χ1) is 11.3. The van der Waals surface area contributed by atoms with Gasteiger partial charge in [0.15, 0.2) is 5.78 Å². The molecule has 2 aromatic carbocycles. The Morgan fingerprint density at radius 1 is 1.17 bits per heavy atom. The van der Waals surface area contributed by atoms with Gasteiger partial charge in [0.1, 0.15) is 0 Å². The van der Waals surface area contributed by atoms with Crippen molar-refractivity contribution in [2.75, 3.05) is 5.32 Å². The maximum absolute atomic E-state index is 12.8. The molecule has 0 saturated heterocycles. The number of hydrogen-bond donors (Lipinski definition) is 1. The highest BCUT2D eigenvalue weighted by Crippen LogP contribution is 2.37. The van der Waals surface area contributed by atoms with Crippen molar-refractivity contribution in [3.8, 4) is 0 Å². The van der Waals surface area contributed by atoms with Crippen LogP contribution in [0.1, 0.15) is 33.9 Å². The van der Waals surface area contributed by atoms with Gasteiger partial charge in [0.25, 0.3) is 5.69 Å². The van der Waals surface area contributed by atoms with Crippen LogP contribution >= 0.6 is 0 Å². The zero-order valence-electron chi connectivity index (χ0n) is 12.1. The summed E-state index contributed by atoms with van der Waals surface area (Å²) in [5.74, 6) is -0.279. The van der Waals surface area contributed by atoms with E-state index in [1.54, 1.807) is 0 Å². The van der Waals surface area contributed by atoms with E-state index in [2.05, 4.69) is 5.32 Å². The molecule has 5 nitrogen and oxygen atoms in total. The van der Waals surface area contributed by atoms with Crippen LogP contribution in [0.3, 0.4) is 0 Å². The number of carbonyl (C=O) groups is 1. The molecule has 0 aliphatic heterocycles. The van der Waals surface area contributed by atoms with Crippen molar-refractivity contribution in [3.63, 3.8) is 0 Å². The normalized spacial score (nSPS) is 16.8. The van der Waals surface area contributed by atoms with Crippen LogP contribution in [-0.4, -0.2) is 10.7 Å². The van der Waals surface area contributed by atoms with Crippen LogP contribution in [0.4, 0.5) is 24.5 Å². The topological polar surface area (TPSA) is 72.2 Å². The summed E-state index contributed by atoms with van der Waals surface area (Å²) in [7, 11) is 0. The van der Waals surface area contributed by atoms with E-state index in [0.717, 1.165) is 12.1 Å². The minimum Gasteiger partial charge on any atom is -0.378 e. The zero-order valence-corrected chi connectivity index (χ0v) is 12.1. The first-order valence-electron chi connectivity index (χ1n) is 7.01. The second-order valence-electron chi connectivity index (χ2n) is 5.43. The van der Waals surface area contributed by atoms with Crippen LogP contribution in [0.5, 0.6) is 0 Å². The molecule has 124 valence electrons. The average Bonchev–Trinajstić information content (AvgIpc) is 2.82. The number of nitrogens with one attached hydrogen (secondary N) is 1. The molecule has 1 N–H and O–H groups in total. The van der Waals surface area contributed by atoms with Crippen molar-refractivity contribution in [1.82, 2.24) is 0 Å². The van der Waals surface area contributed by atoms with Gasteiger partial charge in [-0.05, 0) is 29.8 Å². The van der Waals surface area contributed by atoms with E-state index in [-0.39, 0.29) is 29.1 Å². The molecule has 0 heterocycles. The van der Waals surface area contributed by atoms with Gasteiger partial charge in [0, 0.05) is 29.8 Å². The summed E-state index contributed by atoms with van der Waals surface area (Å²) in [6, 6.07) is 8.10. The molecule has 0 fully saturated rings. The highest BCUT2D eigenvalue weighted by Gasteiger charge is 2.33. The van der Waals surface area contributed by atoms with Gasteiger partial charge in [-0.2, -0.15) is 13.2 Å². The Morgan fingerprint density at radius 2 is 1.92 bits per heavy atom. The van der Waals surface area contributed by atoms with E-state index in [9.17, 15) is 28.1 Å². The molecule has 0 radical (unpaired) electrons. The van der Waals surface area contributed by atoms with Gasteiger partial charge in [-0.25, -0.2) is 0 Å². The monoisotopic (exact) mass is 336 g/mol. The summed E-state index contributed by atoms with van der Waals surface area (Å²) < 4.78 is 38.3. The molecule has 24 heavy (non-hydrogen) atoms. The summed E-state index contributed by atoms with van der Waals surface area (Å²) in [6.45, 7) is 0. The average molecular weight is 336 g/mol. The number of carbonyl (C=O) groups excluding carboxylic acids is 1. The number of ketones is 1. The molecule has 0 aromatic heterocycles. The zero-order chi connectivity index (χ0) is 17.5. The van der Waals surface area contributed by atoms with Crippen LogP contribution in [0.25, 0.3) is 0 Å². The number of fused-ring (bicyclic) bond motifs is 1. The molecule has 3 rings (SSSR count). The van der Waals surface area contributed by atoms with E-state index in [4.69, 9.17) is 0 Å². The maximum atomic E-state index is 12.8. The second kappa shape index (κ2) is 5.63. The number of alkyl halides is 3. The Labute approximate surface area is 134 Å². The number of anilines is 1. The van der Waals surface area contributed by atoms with Crippen molar-refractivity contribution in [2.24, 2.45) is 0 Å². The van der Waals surface area contributed by atoms with Crippen molar-refractivity contribution >= 4 is 17.2 Å². The molecular weight excluding hydrogens is 325 g/mol. The van der Waals surface area contributed by atoms with Crippen molar-refractivity contribution < 1.29 is 22.9 Å². The van der Waals surface area contributed by atoms with Crippen LogP contribution in [0, 0.1) is 10.1 Å². The van der Waals surface area contributed by atoms with Gasteiger partial charge in [-0.3, -0.25) is 14.9 Å². The largest absolute Gasteiger partial charge is 0.416 e. The summed E-state index contributed by atoms with van der Waals surface area (Å²) in [5, 5.41) is 13.7. The van der Waals surface area contributed by atoms with Gasteiger partial charge in [-0.15, -0.1) is 0 Å². The van der Waals surface area contributed by atoms with E-state index in [1.165, 1.54) is 30.3 Å². The van der Waals surface area contributed by atoms with E-state index in [1.807, 2.05) is 0 Å². The van der Waals surface area contributed by atoms with Crippen molar-refractivity contribution in [3.05, 3.63) is 69.3 Å². The second-order valence-corrected chi connectivity index (χ2v) is 5.43. The Kier molecular flexibility index (Phi) is 3.75. The summed E-state index contributed by atoms with van der Waals surface area (Å²) in [5.41, 5.74) is 0.0214. The van der Waals surface area contributed by atoms with E-state index in [0.29, 0.717) is 5.56 Å². The number of non-ortho nitro benzene ring substituents is 1. The number of halogens is 3. The van der Waals surface area contributed by atoms with E-state index < -0.39 is 22.7 Å². The molecule has 1 aliphatic rings. The third-order valence-electron chi connectivity index (χ3n) is 3.84. The smallest absolute Gasteiger partial charge is 0.378 e. The molecule has 1 unspecified atom stereocenters. The first kappa shape index (κ1) is 16.0. The molecule has 0 saturated carbocycles. The van der Waals surface area contributed by atoms with Crippen LogP contribution in [-0.2, 0) is 6.18 Å². The highest BCUT2D eigenvalue weighted by molar-refractivity contribution is 6.02. The molecule has 2 aromatic rings. The lowest BCUT2D eigenvalue weighted by molar-refractivity contribution is -0.384. The number of nitrogens with zero attached hydrogens (tertiary/aromatic N) is 1. The fourth-order valence-corrected chi connectivity index (χ4v) is 2.72. The Balaban J connectivity index is 1.89. The minimum atomic E-state index is -4.46. The fraction of sp³-hybridized carbons (Fsp3) is 0.188. The third-order valence-corrected chi connectivity index (χ3v) is 3.84. The summed E-state index contributed by atoms with van der Waals surface area (Å²) >= 11 is 0. The Hall–Kier alpha value is -2.90. The predicted octanol–water partition coefficient (Wildman–Crippen LogP) is 4.35. The molecule has 0 amide bonds. The number of nitro benzene ring substituents is 1. The Morgan fingerprint density at radius 3 is 2.58 bits per heavy atom. The Bertz CT molecular complexity index is 834. The maximum Gasteiger partial charge on any atom is 0.416 e. The molecule has 1 atom stereocenters.